The summed E-state index contributed by atoms with van der Waals surface area (Å²) in [7, 11) is 0. The SMILES string of the molecule is CC/C=C\C/C=C\C/C=C\C/C=C\C/C=C\C/C=C\C/C=C\CCCCCCCCCC(=O)OCC(COC(=O)CCCCCCCCCCCCCCC)OC(=O)CCCC/C=C\C/C=C\C/C=C\C/C=C\CC. The van der Waals surface area contributed by atoms with Crippen LogP contribution in [0.5, 0.6) is 0 Å². The lowest BCUT2D eigenvalue weighted by Crippen LogP contribution is -2.30. The van der Waals surface area contributed by atoms with Crippen molar-refractivity contribution in [2.45, 2.75) is 271 Å². The van der Waals surface area contributed by atoms with Crippen LogP contribution in [-0.2, 0) is 28.6 Å². The minimum absolute atomic E-state index is 0.0997. The third kappa shape index (κ3) is 60.3. The predicted octanol–water partition coefficient (Wildman–Crippen LogP) is 21.0. The molecule has 0 amide bonds. The number of carbonyl (C=O) groups is 3. The Morgan fingerprint density at radius 2 is 0.520 bits per heavy atom. The van der Waals surface area contributed by atoms with Crippen LogP contribution in [0.15, 0.2) is 134 Å². The smallest absolute Gasteiger partial charge is 0.306 e. The molecule has 1 atom stereocenters. The fourth-order valence-corrected chi connectivity index (χ4v) is 8.12. The molecule has 0 aromatic carbocycles. The third-order valence-electron chi connectivity index (χ3n) is 12.7. The van der Waals surface area contributed by atoms with Gasteiger partial charge in [-0.2, -0.15) is 0 Å². The van der Waals surface area contributed by atoms with Gasteiger partial charge in [0.05, 0.1) is 0 Å². The lowest BCUT2D eigenvalue weighted by atomic mass is 10.0. The van der Waals surface area contributed by atoms with E-state index < -0.39 is 6.10 Å². The first-order chi connectivity index (χ1) is 37.0. The van der Waals surface area contributed by atoms with Gasteiger partial charge >= 0.3 is 17.9 Å². The van der Waals surface area contributed by atoms with Crippen molar-refractivity contribution in [1.29, 1.82) is 0 Å². The maximum Gasteiger partial charge on any atom is 0.306 e. The zero-order valence-corrected chi connectivity index (χ0v) is 48.5. The molecule has 0 saturated carbocycles. The number of esters is 3. The lowest BCUT2D eigenvalue weighted by molar-refractivity contribution is -0.167. The maximum absolute atomic E-state index is 12.8. The van der Waals surface area contributed by atoms with Crippen LogP contribution < -0.4 is 0 Å². The van der Waals surface area contributed by atoms with Gasteiger partial charge in [-0.1, -0.05) is 264 Å². The number of hydrogen-bond acceptors (Lipinski definition) is 6. The number of allylic oxidation sites excluding steroid dienone is 22. The highest BCUT2D eigenvalue weighted by Gasteiger charge is 2.19. The maximum atomic E-state index is 12.8. The largest absolute Gasteiger partial charge is 0.462 e. The van der Waals surface area contributed by atoms with E-state index in [0.29, 0.717) is 19.3 Å². The number of rotatable bonds is 54. The summed E-state index contributed by atoms with van der Waals surface area (Å²) >= 11 is 0. The van der Waals surface area contributed by atoms with Gasteiger partial charge in [0, 0.05) is 19.3 Å². The Labute approximate surface area is 462 Å². The van der Waals surface area contributed by atoms with E-state index in [0.717, 1.165) is 128 Å². The Morgan fingerprint density at radius 3 is 0.840 bits per heavy atom. The van der Waals surface area contributed by atoms with Crippen LogP contribution in [0, 0.1) is 0 Å². The molecule has 0 aromatic rings. The Kier molecular flexibility index (Phi) is 58.4. The second kappa shape index (κ2) is 62.1. The number of ether oxygens (including phenoxy) is 3. The normalized spacial score (nSPS) is 13.1. The van der Waals surface area contributed by atoms with E-state index in [-0.39, 0.29) is 37.5 Å². The molecule has 6 heteroatoms. The second-order valence-corrected chi connectivity index (χ2v) is 19.9. The van der Waals surface area contributed by atoms with Gasteiger partial charge in [0.25, 0.3) is 0 Å². The van der Waals surface area contributed by atoms with Crippen LogP contribution in [0.3, 0.4) is 0 Å². The van der Waals surface area contributed by atoms with Gasteiger partial charge in [0.2, 0.25) is 0 Å². The molecule has 0 aliphatic carbocycles. The van der Waals surface area contributed by atoms with E-state index >= 15 is 0 Å². The molecule has 0 saturated heterocycles. The van der Waals surface area contributed by atoms with E-state index in [4.69, 9.17) is 14.2 Å². The molecule has 0 aliphatic rings. The molecule has 1 unspecified atom stereocenters. The van der Waals surface area contributed by atoms with Gasteiger partial charge in [-0.15, -0.1) is 0 Å². The fourth-order valence-electron chi connectivity index (χ4n) is 8.12. The van der Waals surface area contributed by atoms with Crippen molar-refractivity contribution in [3.05, 3.63) is 134 Å². The summed E-state index contributed by atoms with van der Waals surface area (Å²) in [6.07, 6.45) is 87.4. The van der Waals surface area contributed by atoms with E-state index in [2.05, 4.69) is 154 Å². The van der Waals surface area contributed by atoms with Crippen LogP contribution in [-0.4, -0.2) is 37.2 Å². The highest BCUT2D eigenvalue weighted by molar-refractivity contribution is 5.71. The standard InChI is InChI=1S/C69H112O6/c1-4-7-10-13-16-19-22-25-27-28-29-30-31-32-33-34-35-36-37-38-39-40-42-44-47-50-53-56-59-62-68(71)74-65-66(64-73-67(70)61-58-55-52-49-46-43-24-21-18-15-12-9-6-3)75-69(72)63-60-57-54-51-48-45-41-26-23-20-17-14-11-8-5-2/h7-8,10-11,16-17,19-20,25-27,29-30,32-33,35-36,38-39,41,48,51,66H,4-6,9,12-15,18,21-24,28,31,34,37,40,42-47,49-50,52-65H2,1-3H3/b10-7-,11-8-,19-16-,20-17-,27-25-,30-29-,33-32-,36-35-,39-38-,41-26-,51-48-. The molecule has 0 radical (unpaired) electrons. The van der Waals surface area contributed by atoms with Crippen molar-refractivity contribution in [1.82, 2.24) is 0 Å². The van der Waals surface area contributed by atoms with Crippen molar-refractivity contribution in [3.63, 3.8) is 0 Å². The Bertz CT molecular complexity index is 1620. The summed E-state index contributed by atoms with van der Waals surface area (Å²) in [5.74, 6) is -0.953. The van der Waals surface area contributed by atoms with Crippen LogP contribution in [0.25, 0.3) is 0 Å². The van der Waals surface area contributed by atoms with Crippen molar-refractivity contribution in [2.24, 2.45) is 0 Å². The van der Waals surface area contributed by atoms with E-state index in [1.54, 1.807) is 0 Å². The summed E-state index contributed by atoms with van der Waals surface area (Å²) in [5.41, 5.74) is 0. The van der Waals surface area contributed by atoms with Gasteiger partial charge in [0.15, 0.2) is 6.10 Å². The molecule has 0 aromatic heterocycles. The molecule has 0 spiro atoms. The quantitative estimate of drug-likeness (QED) is 0.0261. The van der Waals surface area contributed by atoms with Crippen molar-refractivity contribution < 1.29 is 28.6 Å². The average molecular weight is 1040 g/mol. The summed E-state index contributed by atoms with van der Waals surface area (Å²) in [4.78, 5) is 38.2. The Balaban J connectivity index is 4.36. The molecule has 0 rings (SSSR count). The summed E-state index contributed by atoms with van der Waals surface area (Å²) in [5, 5.41) is 0. The first-order valence-corrected chi connectivity index (χ1v) is 30.7. The third-order valence-corrected chi connectivity index (χ3v) is 12.7. The molecular formula is C69H112O6. The lowest BCUT2D eigenvalue weighted by Gasteiger charge is -2.18. The van der Waals surface area contributed by atoms with Gasteiger partial charge in [-0.25, -0.2) is 0 Å². The molecule has 0 bridgehead atoms. The number of carbonyl (C=O) groups excluding carboxylic acids is 3. The zero-order valence-electron chi connectivity index (χ0n) is 48.5. The molecule has 0 heterocycles. The molecule has 0 fully saturated rings. The fraction of sp³-hybridized carbons (Fsp3) is 0.638. The summed E-state index contributed by atoms with van der Waals surface area (Å²) in [6.45, 7) is 6.37. The molecule has 424 valence electrons. The van der Waals surface area contributed by atoms with Crippen LogP contribution in [0.2, 0.25) is 0 Å². The second-order valence-electron chi connectivity index (χ2n) is 19.9. The molecule has 6 nitrogen and oxygen atoms in total. The van der Waals surface area contributed by atoms with Crippen molar-refractivity contribution >= 4 is 17.9 Å². The Hall–Kier alpha value is -4.45. The van der Waals surface area contributed by atoms with Gasteiger partial charge in [-0.3, -0.25) is 14.4 Å². The highest BCUT2D eigenvalue weighted by atomic mass is 16.6. The Morgan fingerprint density at radius 1 is 0.280 bits per heavy atom. The topological polar surface area (TPSA) is 78.9 Å². The first kappa shape index (κ1) is 70.5. The first-order valence-electron chi connectivity index (χ1n) is 30.7. The highest BCUT2D eigenvalue weighted by Crippen LogP contribution is 2.15. The predicted molar refractivity (Wildman–Crippen MR) is 325 cm³/mol. The minimum atomic E-state index is -0.808. The van der Waals surface area contributed by atoms with Crippen molar-refractivity contribution in [3.8, 4) is 0 Å². The van der Waals surface area contributed by atoms with Gasteiger partial charge in [0.1, 0.15) is 13.2 Å². The average Bonchev–Trinajstić information content (AvgIpc) is 3.41. The van der Waals surface area contributed by atoms with Crippen LogP contribution in [0.4, 0.5) is 0 Å². The van der Waals surface area contributed by atoms with E-state index in [1.165, 1.54) is 89.9 Å². The van der Waals surface area contributed by atoms with E-state index in [9.17, 15) is 14.4 Å². The van der Waals surface area contributed by atoms with E-state index in [1.807, 2.05) is 0 Å². The van der Waals surface area contributed by atoms with Crippen molar-refractivity contribution in [2.75, 3.05) is 13.2 Å². The monoisotopic (exact) mass is 1040 g/mol. The van der Waals surface area contributed by atoms with Gasteiger partial charge < -0.3 is 14.2 Å². The molecular weight excluding hydrogens is 925 g/mol. The number of unbranched alkanes of at least 4 members (excludes halogenated alkanes) is 21. The molecule has 0 aliphatic heterocycles. The van der Waals surface area contributed by atoms with Crippen LogP contribution >= 0.6 is 0 Å². The minimum Gasteiger partial charge on any atom is -0.462 e. The van der Waals surface area contributed by atoms with Crippen LogP contribution in [0.1, 0.15) is 265 Å². The molecule has 0 N–H and O–H groups in total. The summed E-state index contributed by atoms with van der Waals surface area (Å²) in [6, 6.07) is 0. The molecule has 75 heavy (non-hydrogen) atoms. The zero-order chi connectivity index (χ0) is 54.3. The summed E-state index contributed by atoms with van der Waals surface area (Å²) < 4.78 is 16.8. The van der Waals surface area contributed by atoms with Gasteiger partial charge in [-0.05, 0) is 116 Å². The number of hydrogen-bond donors (Lipinski definition) is 0.